The van der Waals surface area contributed by atoms with E-state index >= 15 is 0 Å². The summed E-state index contributed by atoms with van der Waals surface area (Å²) in [5.74, 6) is 0.815. The van der Waals surface area contributed by atoms with Gasteiger partial charge in [-0.2, -0.15) is 5.10 Å². The summed E-state index contributed by atoms with van der Waals surface area (Å²) in [7, 11) is 1.76. The Bertz CT molecular complexity index is 1170. The van der Waals surface area contributed by atoms with Crippen LogP contribution in [0.5, 0.6) is 5.75 Å². The van der Waals surface area contributed by atoms with Crippen molar-refractivity contribution in [3.8, 4) is 5.75 Å². The Hall–Kier alpha value is -3.38. The third-order valence-electron chi connectivity index (χ3n) is 6.04. The average Bonchev–Trinajstić information content (AvgIpc) is 2.86. The lowest BCUT2D eigenvalue weighted by atomic mass is 9.88. The molecule has 6 heteroatoms. The number of aryl methyl sites for hydroxylation is 1. The number of nitrogens with zero attached hydrogens (tertiary/aromatic N) is 2. The van der Waals surface area contributed by atoms with E-state index in [9.17, 15) is 4.79 Å². The van der Waals surface area contributed by atoms with Gasteiger partial charge in [0.15, 0.2) is 0 Å². The molecule has 0 saturated heterocycles. The highest BCUT2D eigenvalue weighted by atomic mass is 16.5. The number of ether oxygens (including phenoxy) is 1. The summed E-state index contributed by atoms with van der Waals surface area (Å²) < 4.78 is 7.93. The van der Waals surface area contributed by atoms with Gasteiger partial charge < -0.3 is 9.30 Å². The van der Waals surface area contributed by atoms with E-state index in [2.05, 4.69) is 59.4 Å². The molecule has 1 atom stereocenters. The molecule has 0 amide bonds. The predicted octanol–water partition coefficient (Wildman–Crippen LogP) is 5.48. The van der Waals surface area contributed by atoms with Crippen LogP contribution >= 0.6 is 0 Å². The molecule has 35 heavy (non-hydrogen) atoms. The number of rotatable bonds is 7. The van der Waals surface area contributed by atoms with Gasteiger partial charge in [-0.15, -0.1) is 0 Å². The fraction of sp³-hybridized carbons (Fsp3) is 0.379. The van der Waals surface area contributed by atoms with Crippen LogP contribution in [0.2, 0.25) is 0 Å². The first-order valence-corrected chi connectivity index (χ1v) is 12.3. The molecule has 1 unspecified atom stereocenters. The highest BCUT2D eigenvalue weighted by Crippen LogP contribution is 2.41. The lowest BCUT2D eigenvalue weighted by Crippen LogP contribution is -2.39. The van der Waals surface area contributed by atoms with E-state index in [1.165, 1.54) is 24.8 Å². The van der Waals surface area contributed by atoms with Crippen molar-refractivity contribution in [3.63, 3.8) is 0 Å². The number of pyridine rings is 1. The summed E-state index contributed by atoms with van der Waals surface area (Å²) in [4.78, 5) is 12.4. The van der Waals surface area contributed by atoms with Gasteiger partial charge in [-0.05, 0) is 69.0 Å². The highest BCUT2D eigenvalue weighted by molar-refractivity contribution is 5.98. The monoisotopic (exact) mass is 474 g/mol. The summed E-state index contributed by atoms with van der Waals surface area (Å²) in [6.45, 7) is 8.26. The summed E-state index contributed by atoms with van der Waals surface area (Å²) in [5, 5.41) is 4.25. The third kappa shape index (κ3) is 7.30. The number of unbranched alkanes of at least 4 members (excludes halogenated alkanes) is 1. The van der Waals surface area contributed by atoms with E-state index in [4.69, 9.17) is 4.74 Å². The van der Waals surface area contributed by atoms with Gasteiger partial charge >= 0.3 is 0 Å². The second-order valence-corrected chi connectivity index (χ2v) is 9.43. The number of aromatic nitrogens is 1. The summed E-state index contributed by atoms with van der Waals surface area (Å²) >= 11 is 0. The highest BCUT2D eigenvalue weighted by Gasteiger charge is 2.35. The normalized spacial score (nSPS) is 16.4. The van der Waals surface area contributed by atoms with Crippen molar-refractivity contribution in [2.45, 2.75) is 65.0 Å². The molecule has 6 nitrogen and oxygen atoms in total. The molecule has 2 aromatic carbocycles. The molecule has 1 aliphatic heterocycles. The molecule has 0 fully saturated rings. The Balaban J connectivity index is 0.000000287. The van der Waals surface area contributed by atoms with Crippen LogP contribution in [-0.2, 0) is 6.42 Å². The molecule has 2 N–H and O–H groups in total. The number of hydrogen-bond donors (Lipinski definition) is 2. The minimum absolute atomic E-state index is 0.0104. The number of nitrogens with one attached hydrogen (secondary N) is 2. The predicted molar refractivity (Wildman–Crippen MR) is 144 cm³/mol. The van der Waals surface area contributed by atoms with Crippen LogP contribution in [0.15, 0.2) is 82.8 Å². The Morgan fingerprint density at radius 2 is 1.86 bits per heavy atom. The maximum atomic E-state index is 12.4. The fourth-order valence-corrected chi connectivity index (χ4v) is 4.22. The lowest BCUT2D eigenvalue weighted by Gasteiger charge is -2.38. The van der Waals surface area contributed by atoms with E-state index in [1.54, 1.807) is 23.7 Å². The van der Waals surface area contributed by atoms with Crippen LogP contribution in [0.4, 0.5) is 0 Å². The molecule has 2 heterocycles. The van der Waals surface area contributed by atoms with E-state index in [-0.39, 0.29) is 17.2 Å². The van der Waals surface area contributed by atoms with E-state index in [0.29, 0.717) is 0 Å². The van der Waals surface area contributed by atoms with Gasteiger partial charge in [0.2, 0.25) is 0 Å². The number of benzene rings is 2. The van der Waals surface area contributed by atoms with Crippen LogP contribution in [-0.4, -0.2) is 22.9 Å². The van der Waals surface area contributed by atoms with Crippen molar-refractivity contribution < 1.29 is 4.74 Å². The van der Waals surface area contributed by atoms with Gasteiger partial charge in [0.1, 0.15) is 11.4 Å². The van der Waals surface area contributed by atoms with Gasteiger partial charge in [-0.3, -0.25) is 4.79 Å². The maximum Gasteiger partial charge on any atom is 0.251 e. The molecule has 0 saturated carbocycles. The van der Waals surface area contributed by atoms with Crippen molar-refractivity contribution in [1.29, 1.82) is 0 Å². The summed E-state index contributed by atoms with van der Waals surface area (Å²) in [6.07, 6.45) is 6.39. The number of hydrazone groups is 1. The number of hydrogen-bond acceptors (Lipinski definition) is 5. The van der Waals surface area contributed by atoms with E-state index < -0.39 is 0 Å². The minimum Gasteiger partial charge on any atom is -0.487 e. The zero-order valence-electron chi connectivity index (χ0n) is 21.5. The van der Waals surface area contributed by atoms with Crippen LogP contribution in [0, 0.1) is 0 Å². The SMILES string of the molecule is CCCCc1ccccc1.CNN/N=C(\C)c1ccc2c(c1)C(n1ccccc1=O)CC(C)(C)O2. The van der Waals surface area contributed by atoms with Crippen LogP contribution < -0.4 is 21.3 Å². The van der Waals surface area contributed by atoms with Crippen LogP contribution in [0.25, 0.3) is 0 Å². The quantitative estimate of drug-likeness (QED) is 0.352. The van der Waals surface area contributed by atoms with E-state index in [0.717, 1.165) is 29.0 Å². The molecule has 0 radical (unpaired) electrons. The van der Waals surface area contributed by atoms with Crippen LogP contribution in [0.3, 0.4) is 0 Å². The average molecular weight is 475 g/mol. The smallest absolute Gasteiger partial charge is 0.251 e. The largest absolute Gasteiger partial charge is 0.487 e. The zero-order valence-corrected chi connectivity index (χ0v) is 21.5. The minimum atomic E-state index is -0.342. The molecule has 0 spiro atoms. The first kappa shape index (κ1) is 26.2. The molecule has 1 aliphatic rings. The zero-order chi connectivity index (χ0) is 25.3. The Morgan fingerprint density at radius 3 is 2.54 bits per heavy atom. The van der Waals surface area contributed by atoms with Gasteiger partial charge in [-0.1, -0.05) is 49.7 Å². The lowest BCUT2D eigenvalue weighted by molar-refractivity contribution is 0.0664. The first-order valence-electron chi connectivity index (χ1n) is 12.3. The van der Waals surface area contributed by atoms with Crippen molar-refractivity contribution in [2.24, 2.45) is 5.10 Å². The molecular formula is C29H38N4O2. The third-order valence-corrected chi connectivity index (χ3v) is 6.04. The Morgan fingerprint density at radius 1 is 1.11 bits per heavy atom. The molecule has 3 aromatic rings. The Kier molecular flexibility index (Phi) is 9.26. The number of hydrazine groups is 1. The van der Waals surface area contributed by atoms with E-state index in [1.807, 2.05) is 45.2 Å². The molecule has 1 aromatic heterocycles. The van der Waals surface area contributed by atoms with Gasteiger partial charge in [-0.25, -0.2) is 11.0 Å². The molecule has 0 aliphatic carbocycles. The van der Waals surface area contributed by atoms with Gasteiger partial charge in [0, 0.05) is 31.3 Å². The maximum absolute atomic E-state index is 12.4. The van der Waals surface area contributed by atoms with Crippen molar-refractivity contribution >= 4 is 5.71 Å². The molecule has 0 bridgehead atoms. The number of fused-ring (bicyclic) bond motifs is 1. The standard InChI is InChI=1S/C19H24N4O2.C10H14/c1-13(21-22-20-4)14-8-9-17-15(11-14)16(12-19(2,3)25-17)23-10-6-5-7-18(23)24;1-2-3-7-10-8-5-4-6-9-10/h5-11,16,20,22H,12H2,1-4H3;4-6,8-9H,2-3,7H2,1H3/b21-13+;. The topological polar surface area (TPSA) is 67.7 Å². The second-order valence-electron chi connectivity index (χ2n) is 9.43. The molecular weight excluding hydrogens is 436 g/mol. The van der Waals surface area contributed by atoms with Crippen molar-refractivity contribution in [3.05, 3.63) is 100.0 Å². The summed E-state index contributed by atoms with van der Waals surface area (Å²) in [5.41, 5.74) is 9.47. The van der Waals surface area contributed by atoms with Crippen molar-refractivity contribution in [1.82, 2.24) is 15.5 Å². The molecule has 4 rings (SSSR count). The summed E-state index contributed by atoms with van der Waals surface area (Å²) in [6, 6.07) is 21.8. The van der Waals surface area contributed by atoms with Crippen LogP contribution in [0.1, 0.15) is 69.7 Å². The van der Waals surface area contributed by atoms with Crippen molar-refractivity contribution in [2.75, 3.05) is 7.05 Å². The Labute approximate surface area is 209 Å². The fourth-order valence-electron chi connectivity index (χ4n) is 4.22. The van der Waals surface area contributed by atoms with Gasteiger partial charge in [0.25, 0.3) is 5.56 Å². The first-order chi connectivity index (χ1) is 16.8. The molecule has 186 valence electrons. The van der Waals surface area contributed by atoms with Gasteiger partial charge in [0.05, 0.1) is 11.8 Å². The second kappa shape index (κ2) is 12.4.